The van der Waals surface area contributed by atoms with Crippen LogP contribution in [0.25, 0.3) is 0 Å². The normalized spacial score (nSPS) is 32.8. The van der Waals surface area contributed by atoms with E-state index >= 15 is 0 Å². The molecular weight excluding hydrogens is 308 g/mol. The summed E-state index contributed by atoms with van der Waals surface area (Å²) < 4.78 is 0. The average molecular weight is 340 g/mol. The van der Waals surface area contributed by atoms with Crippen molar-refractivity contribution in [3.63, 3.8) is 0 Å². The van der Waals surface area contributed by atoms with Gasteiger partial charge < -0.3 is 5.21 Å². The van der Waals surface area contributed by atoms with Crippen LogP contribution in [0.2, 0.25) is 0 Å². The van der Waals surface area contributed by atoms with E-state index in [1.165, 1.54) is 5.06 Å². The van der Waals surface area contributed by atoms with Gasteiger partial charge in [0.2, 0.25) is 0 Å². The van der Waals surface area contributed by atoms with E-state index in [0.29, 0.717) is 12.8 Å². The first-order valence-corrected chi connectivity index (χ1v) is 8.62. The topological polar surface area (TPSA) is 70.1 Å². The van der Waals surface area contributed by atoms with Gasteiger partial charge in [-0.1, -0.05) is 0 Å². The lowest BCUT2D eigenvalue weighted by atomic mass is 9.78. The van der Waals surface area contributed by atoms with Crippen molar-refractivity contribution < 1.29 is 19.6 Å². The second kappa shape index (κ2) is 5.59. The maximum Gasteiger partial charge on any atom is 0.167 e. The van der Waals surface area contributed by atoms with E-state index in [2.05, 4.69) is 0 Å². The van der Waals surface area contributed by atoms with E-state index in [4.69, 9.17) is 4.84 Å². The Balaban J connectivity index is 2.35. The van der Waals surface area contributed by atoms with Gasteiger partial charge in [0.05, 0.1) is 5.54 Å². The summed E-state index contributed by atoms with van der Waals surface area (Å²) in [7, 11) is 0. The smallest absolute Gasteiger partial charge is 0.167 e. The Morgan fingerprint density at radius 3 is 1.79 bits per heavy atom. The molecule has 6 heteroatoms. The second-order valence-electron chi connectivity index (χ2n) is 9.72. The number of hydrogen-bond acceptors (Lipinski definition) is 6. The van der Waals surface area contributed by atoms with Gasteiger partial charge in [-0.3, -0.25) is 14.4 Å². The molecule has 0 aromatic heterocycles. The standard InChI is InChI=1S/C18H32N2O4/c1-15(2)11-13(22)14(18(7,8)19(15)23)24-20-16(3,4)9-12(21)10-17(20,5)6/h14,23H,9-11H2,1-8H3. The molecule has 2 rings (SSSR count). The summed E-state index contributed by atoms with van der Waals surface area (Å²) in [6.45, 7) is 15.1. The molecule has 6 nitrogen and oxygen atoms in total. The van der Waals surface area contributed by atoms with Crippen molar-refractivity contribution in [2.24, 2.45) is 0 Å². The zero-order chi connectivity index (χ0) is 18.7. The summed E-state index contributed by atoms with van der Waals surface area (Å²) >= 11 is 0. The summed E-state index contributed by atoms with van der Waals surface area (Å²) in [6, 6.07) is 0. The van der Waals surface area contributed by atoms with Crippen LogP contribution in [0.5, 0.6) is 0 Å². The van der Waals surface area contributed by atoms with Gasteiger partial charge in [-0.15, -0.1) is 0 Å². The molecule has 24 heavy (non-hydrogen) atoms. The highest BCUT2D eigenvalue weighted by molar-refractivity contribution is 5.86. The van der Waals surface area contributed by atoms with Crippen molar-refractivity contribution in [3.8, 4) is 0 Å². The fourth-order valence-electron chi connectivity index (χ4n) is 4.45. The van der Waals surface area contributed by atoms with Crippen molar-refractivity contribution in [2.75, 3.05) is 0 Å². The Bertz CT molecular complexity index is 531. The van der Waals surface area contributed by atoms with Crippen LogP contribution in [0.1, 0.15) is 74.7 Å². The van der Waals surface area contributed by atoms with Gasteiger partial charge in [0.15, 0.2) is 11.9 Å². The molecule has 1 N–H and O–H groups in total. The van der Waals surface area contributed by atoms with Crippen LogP contribution in [0.15, 0.2) is 0 Å². The monoisotopic (exact) mass is 340 g/mol. The fourth-order valence-corrected chi connectivity index (χ4v) is 4.45. The Morgan fingerprint density at radius 1 is 0.875 bits per heavy atom. The van der Waals surface area contributed by atoms with Crippen LogP contribution >= 0.6 is 0 Å². The molecule has 1 atom stereocenters. The lowest BCUT2D eigenvalue weighted by Crippen LogP contribution is -2.70. The summed E-state index contributed by atoms with van der Waals surface area (Å²) in [6.07, 6.45) is 0.186. The molecule has 0 aromatic rings. The number of hydroxylamine groups is 4. The van der Waals surface area contributed by atoms with Crippen LogP contribution in [0.3, 0.4) is 0 Å². The summed E-state index contributed by atoms with van der Waals surface area (Å²) in [5.74, 6) is 0.169. The molecule has 0 saturated carbocycles. The molecule has 2 saturated heterocycles. The van der Waals surface area contributed by atoms with Crippen molar-refractivity contribution in [2.45, 2.75) is 103 Å². The number of carbonyl (C=O) groups excluding carboxylic acids is 2. The molecule has 1 unspecified atom stereocenters. The third-order valence-electron chi connectivity index (χ3n) is 5.23. The molecule has 2 aliphatic rings. The number of rotatable bonds is 2. The van der Waals surface area contributed by atoms with Crippen molar-refractivity contribution in [3.05, 3.63) is 0 Å². The quantitative estimate of drug-likeness (QED) is 0.833. The molecule has 0 aromatic carbocycles. The lowest BCUT2D eigenvalue weighted by molar-refractivity contribution is -0.340. The molecule has 0 bridgehead atoms. The van der Waals surface area contributed by atoms with E-state index in [9.17, 15) is 14.8 Å². The fraction of sp³-hybridized carbons (Fsp3) is 0.889. The first-order chi connectivity index (χ1) is 10.6. The van der Waals surface area contributed by atoms with Gasteiger partial charge in [0, 0.05) is 35.9 Å². The third-order valence-corrected chi connectivity index (χ3v) is 5.23. The molecule has 0 radical (unpaired) electrons. The van der Waals surface area contributed by atoms with Crippen molar-refractivity contribution in [1.29, 1.82) is 0 Å². The first-order valence-electron chi connectivity index (χ1n) is 8.62. The van der Waals surface area contributed by atoms with Crippen molar-refractivity contribution in [1.82, 2.24) is 10.1 Å². The van der Waals surface area contributed by atoms with Crippen LogP contribution in [-0.4, -0.2) is 55.2 Å². The average Bonchev–Trinajstić information content (AvgIpc) is 2.32. The van der Waals surface area contributed by atoms with E-state index in [-0.39, 0.29) is 18.0 Å². The Hall–Kier alpha value is -0.820. The first kappa shape index (κ1) is 19.5. The molecule has 0 spiro atoms. The van der Waals surface area contributed by atoms with Gasteiger partial charge in [-0.05, 0) is 55.4 Å². The summed E-state index contributed by atoms with van der Waals surface area (Å²) in [4.78, 5) is 31.1. The van der Waals surface area contributed by atoms with Crippen LogP contribution in [0, 0.1) is 0 Å². The molecule has 138 valence electrons. The summed E-state index contributed by atoms with van der Waals surface area (Å²) in [5.41, 5.74) is -2.53. The predicted molar refractivity (Wildman–Crippen MR) is 90.5 cm³/mol. The Kier molecular flexibility index (Phi) is 4.54. The Morgan fingerprint density at radius 2 is 1.33 bits per heavy atom. The number of hydrogen-bond donors (Lipinski definition) is 1. The van der Waals surface area contributed by atoms with Crippen LogP contribution < -0.4 is 0 Å². The minimum absolute atomic E-state index is 0.0289. The molecule has 0 aliphatic carbocycles. The Labute approximate surface area is 145 Å². The van der Waals surface area contributed by atoms with Gasteiger partial charge in [-0.25, -0.2) is 0 Å². The van der Waals surface area contributed by atoms with E-state index < -0.39 is 28.3 Å². The second-order valence-corrected chi connectivity index (χ2v) is 9.72. The molecule has 2 fully saturated rings. The van der Waals surface area contributed by atoms with Crippen LogP contribution in [-0.2, 0) is 14.4 Å². The maximum absolute atomic E-state index is 12.8. The number of carbonyl (C=O) groups is 2. The number of Topliss-reactive ketones (excluding diaryl/α,β-unsaturated/α-hetero) is 2. The van der Waals surface area contributed by atoms with E-state index in [1.807, 2.05) is 55.4 Å². The number of piperidine rings is 2. The molecule has 0 amide bonds. The highest BCUT2D eigenvalue weighted by Gasteiger charge is 2.56. The maximum atomic E-state index is 12.8. The van der Waals surface area contributed by atoms with E-state index in [0.717, 1.165) is 0 Å². The van der Waals surface area contributed by atoms with Gasteiger partial charge >= 0.3 is 0 Å². The van der Waals surface area contributed by atoms with Gasteiger partial charge in [-0.2, -0.15) is 10.1 Å². The lowest BCUT2D eigenvalue weighted by Gasteiger charge is -2.56. The molecule has 2 heterocycles. The zero-order valence-electron chi connectivity index (χ0n) is 16.3. The zero-order valence-corrected chi connectivity index (χ0v) is 16.3. The predicted octanol–water partition coefficient (Wildman–Crippen LogP) is 2.73. The molecular formula is C18H32N2O4. The largest absolute Gasteiger partial charge is 0.313 e. The highest BCUT2D eigenvalue weighted by Crippen LogP contribution is 2.42. The van der Waals surface area contributed by atoms with Gasteiger partial charge in [0.1, 0.15) is 5.78 Å². The minimum Gasteiger partial charge on any atom is -0.313 e. The third kappa shape index (κ3) is 3.17. The molecule has 2 aliphatic heterocycles. The SMILES string of the molecule is CC1(C)CC(=O)CC(C)(C)N1OC1C(=O)CC(C)(C)N(O)C1(C)C. The number of ketones is 2. The van der Waals surface area contributed by atoms with Crippen molar-refractivity contribution >= 4 is 11.6 Å². The summed E-state index contributed by atoms with van der Waals surface area (Å²) in [5, 5.41) is 13.7. The highest BCUT2D eigenvalue weighted by atomic mass is 16.7. The number of nitrogens with zero attached hydrogens (tertiary/aromatic N) is 2. The van der Waals surface area contributed by atoms with Gasteiger partial charge in [0.25, 0.3) is 0 Å². The van der Waals surface area contributed by atoms with Crippen LogP contribution in [0.4, 0.5) is 0 Å². The minimum atomic E-state index is -0.869. The van der Waals surface area contributed by atoms with E-state index in [1.54, 1.807) is 5.06 Å².